The first-order valence-corrected chi connectivity index (χ1v) is 6.61. The van der Waals surface area contributed by atoms with E-state index in [1.54, 1.807) is 0 Å². The third kappa shape index (κ3) is 4.34. The number of nitrogens with one attached hydrogen (secondary N) is 1. The molecule has 0 aliphatic heterocycles. The SMILES string of the molecule is CC(Cc1ccccc1)NCC(=O)c1ccccc1. The standard InChI is InChI=1S/C17H19NO/c1-14(12-15-8-4-2-5-9-15)18-13-17(19)16-10-6-3-7-11-16/h2-11,14,18H,12-13H2,1H3. The third-order valence-electron chi connectivity index (χ3n) is 3.09. The van der Waals surface area contributed by atoms with Crippen LogP contribution >= 0.6 is 0 Å². The van der Waals surface area contributed by atoms with E-state index in [1.165, 1.54) is 5.56 Å². The topological polar surface area (TPSA) is 29.1 Å². The van der Waals surface area contributed by atoms with Crippen LogP contribution in [0.15, 0.2) is 60.7 Å². The number of benzene rings is 2. The van der Waals surface area contributed by atoms with Gasteiger partial charge in [0.1, 0.15) is 0 Å². The van der Waals surface area contributed by atoms with E-state index in [9.17, 15) is 4.79 Å². The molecular formula is C17H19NO. The Morgan fingerprint density at radius 1 is 1.00 bits per heavy atom. The molecule has 2 rings (SSSR count). The summed E-state index contributed by atoms with van der Waals surface area (Å²) in [5, 5.41) is 3.28. The van der Waals surface area contributed by atoms with Crippen LogP contribution in [0.25, 0.3) is 0 Å². The lowest BCUT2D eigenvalue weighted by atomic mass is 10.1. The highest BCUT2D eigenvalue weighted by atomic mass is 16.1. The maximum Gasteiger partial charge on any atom is 0.176 e. The summed E-state index contributed by atoms with van der Waals surface area (Å²) in [4.78, 5) is 11.9. The third-order valence-corrected chi connectivity index (χ3v) is 3.09. The van der Waals surface area contributed by atoms with Gasteiger partial charge in [0, 0.05) is 11.6 Å². The fraction of sp³-hybridized carbons (Fsp3) is 0.235. The molecule has 0 saturated carbocycles. The first-order valence-electron chi connectivity index (χ1n) is 6.61. The zero-order valence-corrected chi connectivity index (χ0v) is 11.2. The van der Waals surface area contributed by atoms with Crippen LogP contribution in [-0.4, -0.2) is 18.4 Å². The molecule has 0 saturated heterocycles. The van der Waals surface area contributed by atoms with Crippen molar-refractivity contribution in [2.45, 2.75) is 19.4 Å². The molecule has 1 unspecified atom stereocenters. The fourth-order valence-electron chi connectivity index (χ4n) is 2.03. The highest BCUT2D eigenvalue weighted by Gasteiger charge is 2.08. The van der Waals surface area contributed by atoms with Crippen molar-refractivity contribution in [3.05, 3.63) is 71.8 Å². The van der Waals surface area contributed by atoms with Crippen LogP contribution in [0.2, 0.25) is 0 Å². The van der Waals surface area contributed by atoms with Crippen molar-refractivity contribution in [3.8, 4) is 0 Å². The molecule has 0 fully saturated rings. The van der Waals surface area contributed by atoms with E-state index in [4.69, 9.17) is 0 Å². The lowest BCUT2D eigenvalue weighted by molar-refractivity contribution is 0.0988. The van der Waals surface area contributed by atoms with Crippen LogP contribution in [0.3, 0.4) is 0 Å². The maximum absolute atomic E-state index is 11.9. The van der Waals surface area contributed by atoms with E-state index in [2.05, 4.69) is 24.4 Å². The molecule has 2 aromatic rings. The van der Waals surface area contributed by atoms with E-state index in [0.29, 0.717) is 6.54 Å². The molecule has 0 aliphatic rings. The van der Waals surface area contributed by atoms with Crippen LogP contribution in [0.4, 0.5) is 0 Å². The molecule has 1 atom stereocenters. The lowest BCUT2D eigenvalue weighted by Gasteiger charge is -2.13. The molecule has 0 radical (unpaired) electrons. The number of carbonyl (C=O) groups is 1. The summed E-state index contributed by atoms with van der Waals surface area (Å²) in [6.07, 6.45) is 0.933. The average molecular weight is 253 g/mol. The van der Waals surface area contributed by atoms with Crippen LogP contribution < -0.4 is 5.32 Å². The van der Waals surface area contributed by atoms with Gasteiger partial charge in [-0.15, -0.1) is 0 Å². The zero-order valence-electron chi connectivity index (χ0n) is 11.2. The van der Waals surface area contributed by atoms with Gasteiger partial charge in [-0.1, -0.05) is 60.7 Å². The molecule has 0 aliphatic carbocycles. The minimum absolute atomic E-state index is 0.139. The predicted octanol–water partition coefficient (Wildman–Crippen LogP) is 3.09. The summed E-state index contributed by atoms with van der Waals surface area (Å²) >= 11 is 0. The smallest absolute Gasteiger partial charge is 0.176 e. The summed E-state index contributed by atoms with van der Waals surface area (Å²) in [5.74, 6) is 0.139. The molecule has 2 aromatic carbocycles. The second kappa shape index (κ2) is 6.86. The molecule has 0 spiro atoms. The van der Waals surface area contributed by atoms with Gasteiger partial charge in [-0.25, -0.2) is 0 Å². The monoisotopic (exact) mass is 253 g/mol. The van der Waals surface area contributed by atoms with Gasteiger partial charge in [0.15, 0.2) is 5.78 Å². The van der Waals surface area contributed by atoms with Crippen molar-refractivity contribution in [2.24, 2.45) is 0 Å². The van der Waals surface area contributed by atoms with Crippen LogP contribution in [0.1, 0.15) is 22.8 Å². The fourth-order valence-corrected chi connectivity index (χ4v) is 2.03. The molecule has 2 heteroatoms. The van der Waals surface area contributed by atoms with E-state index in [0.717, 1.165) is 12.0 Å². The second-order valence-electron chi connectivity index (χ2n) is 4.76. The number of carbonyl (C=O) groups excluding carboxylic acids is 1. The molecule has 19 heavy (non-hydrogen) atoms. The molecule has 0 bridgehead atoms. The van der Waals surface area contributed by atoms with Gasteiger partial charge >= 0.3 is 0 Å². The van der Waals surface area contributed by atoms with Gasteiger partial charge in [0.25, 0.3) is 0 Å². The Bertz CT molecular complexity index is 507. The Balaban J connectivity index is 1.81. The number of rotatable bonds is 6. The van der Waals surface area contributed by atoms with Crippen molar-refractivity contribution < 1.29 is 4.79 Å². The summed E-state index contributed by atoms with van der Waals surface area (Å²) in [6.45, 7) is 2.49. The Morgan fingerprint density at radius 2 is 1.58 bits per heavy atom. The molecule has 2 nitrogen and oxygen atoms in total. The average Bonchev–Trinajstić information content (AvgIpc) is 2.47. The lowest BCUT2D eigenvalue weighted by Crippen LogP contribution is -2.33. The minimum atomic E-state index is 0.139. The van der Waals surface area contributed by atoms with Crippen LogP contribution in [-0.2, 0) is 6.42 Å². The van der Waals surface area contributed by atoms with Crippen molar-refractivity contribution in [1.82, 2.24) is 5.32 Å². The van der Waals surface area contributed by atoms with Gasteiger partial charge in [-0.2, -0.15) is 0 Å². The predicted molar refractivity (Wildman–Crippen MR) is 78.4 cm³/mol. The number of hydrogen-bond acceptors (Lipinski definition) is 2. The van der Waals surface area contributed by atoms with Gasteiger partial charge < -0.3 is 5.32 Å². The summed E-state index contributed by atoms with van der Waals surface area (Å²) < 4.78 is 0. The molecule has 98 valence electrons. The van der Waals surface area contributed by atoms with E-state index < -0.39 is 0 Å². The van der Waals surface area contributed by atoms with Crippen molar-refractivity contribution in [1.29, 1.82) is 0 Å². The largest absolute Gasteiger partial charge is 0.307 e. The number of ketones is 1. The quantitative estimate of drug-likeness (QED) is 0.802. The number of hydrogen-bond donors (Lipinski definition) is 1. The maximum atomic E-state index is 11.9. The summed E-state index contributed by atoms with van der Waals surface area (Å²) in [7, 11) is 0. The Morgan fingerprint density at radius 3 is 2.21 bits per heavy atom. The van der Waals surface area contributed by atoms with Gasteiger partial charge in [-0.3, -0.25) is 4.79 Å². The first-order chi connectivity index (χ1) is 9.25. The normalized spacial score (nSPS) is 12.1. The molecule has 0 amide bonds. The van der Waals surface area contributed by atoms with Crippen LogP contribution in [0, 0.1) is 0 Å². The minimum Gasteiger partial charge on any atom is -0.307 e. The van der Waals surface area contributed by atoms with E-state index >= 15 is 0 Å². The molecular weight excluding hydrogens is 234 g/mol. The van der Waals surface area contributed by atoms with Gasteiger partial charge in [-0.05, 0) is 18.9 Å². The van der Waals surface area contributed by atoms with E-state index in [-0.39, 0.29) is 11.8 Å². The number of Topliss-reactive ketones (excluding diaryl/α,β-unsaturated/α-hetero) is 1. The Kier molecular flexibility index (Phi) is 4.87. The van der Waals surface area contributed by atoms with E-state index in [1.807, 2.05) is 48.5 Å². The summed E-state index contributed by atoms with van der Waals surface area (Å²) in [5.41, 5.74) is 2.05. The Labute approximate surface area is 114 Å². The molecule has 0 aromatic heterocycles. The molecule has 1 N–H and O–H groups in total. The first kappa shape index (κ1) is 13.5. The Hall–Kier alpha value is -1.93. The highest BCUT2D eigenvalue weighted by molar-refractivity contribution is 5.97. The van der Waals surface area contributed by atoms with Crippen molar-refractivity contribution in [3.63, 3.8) is 0 Å². The van der Waals surface area contributed by atoms with Crippen molar-refractivity contribution in [2.75, 3.05) is 6.54 Å². The van der Waals surface area contributed by atoms with Gasteiger partial charge in [0.05, 0.1) is 6.54 Å². The van der Waals surface area contributed by atoms with Crippen molar-refractivity contribution >= 4 is 5.78 Å². The highest BCUT2D eigenvalue weighted by Crippen LogP contribution is 2.03. The summed E-state index contributed by atoms with van der Waals surface area (Å²) in [6, 6.07) is 20.0. The van der Waals surface area contributed by atoms with Crippen LogP contribution in [0.5, 0.6) is 0 Å². The molecule has 0 heterocycles. The zero-order chi connectivity index (χ0) is 13.5. The second-order valence-corrected chi connectivity index (χ2v) is 4.76. The van der Waals surface area contributed by atoms with Gasteiger partial charge in [0.2, 0.25) is 0 Å².